The number of carbonyl (C=O) groups is 1. The van der Waals surface area contributed by atoms with E-state index in [1.807, 2.05) is 36.4 Å². The topological polar surface area (TPSA) is 104 Å². The van der Waals surface area contributed by atoms with Crippen LogP contribution < -0.4 is 10.9 Å². The number of benzene rings is 2. The molecule has 0 unspecified atom stereocenters. The predicted octanol–water partition coefficient (Wildman–Crippen LogP) is 3.89. The number of rotatable bonds is 6. The van der Waals surface area contributed by atoms with E-state index < -0.39 is 11.5 Å². The maximum atomic E-state index is 13.4. The largest absolute Gasteiger partial charge is 0.348 e. The number of carbonyl (C=O) groups excluding carboxylic acids is 1. The van der Waals surface area contributed by atoms with Crippen molar-refractivity contribution in [3.8, 4) is 23.0 Å². The third kappa shape index (κ3) is 4.71. The molecule has 4 aromatic rings. The van der Waals surface area contributed by atoms with Gasteiger partial charge in [0.1, 0.15) is 17.4 Å². The van der Waals surface area contributed by atoms with Gasteiger partial charge in [-0.05, 0) is 48.7 Å². The van der Waals surface area contributed by atoms with Gasteiger partial charge >= 0.3 is 0 Å². The van der Waals surface area contributed by atoms with Crippen molar-refractivity contribution in [1.82, 2.24) is 20.1 Å². The molecule has 0 aliphatic carbocycles. The van der Waals surface area contributed by atoms with Crippen LogP contribution in [0, 0.1) is 17.1 Å². The van der Waals surface area contributed by atoms with Gasteiger partial charge in [0.25, 0.3) is 11.5 Å². The number of nitrogens with zero attached hydrogens (tertiary/aromatic N) is 3. The van der Waals surface area contributed by atoms with E-state index in [4.69, 9.17) is 0 Å². The molecule has 0 fully saturated rings. The van der Waals surface area contributed by atoms with Crippen LogP contribution in [0.25, 0.3) is 16.9 Å². The van der Waals surface area contributed by atoms with Crippen molar-refractivity contribution in [1.29, 1.82) is 5.26 Å². The lowest BCUT2D eigenvalue weighted by Crippen LogP contribution is -2.29. The van der Waals surface area contributed by atoms with Crippen molar-refractivity contribution in [2.75, 3.05) is 6.26 Å². The second-order valence-corrected chi connectivity index (χ2v) is 7.86. The standard InChI is InChI=1S/C24H18FN5O2S/c1-33-24-16(12-26)11-20(23(32)28-24)22(31)27-13-17-14-30(19-5-3-2-4-6-19)29-21(17)15-7-9-18(25)10-8-15/h2-11,14H,13H2,1H3,(H,27,31)(H,28,32). The molecule has 0 saturated heterocycles. The molecule has 2 aromatic carbocycles. The van der Waals surface area contributed by atoms with E-state index in [2.05, 4.69) is 15.4 Å². The Hall–Kier alpha value is -4.16. The Morgan fingerprint density at radius 2 is 1.94 bits per heavy atom. The number of thioether (sulfide) groups is 1. The fraction of sp³-hybridized carbons (Fsp3) is 0.0833. The molecule has 0 radical (unpaired) electrons. The van der Waals surface area contributed by atoms with E-state index in [0.717, 1.165) is 5.69 Å². The summed E-state index contributed by atoms with van der Waals surface area (Å²) < 4.78 is 15.1. The molecule has 7 nitrogen and oxygen atoms in total. The molecule has 1 amide bonds. The third-order valence-electron chi connectivity index (χ3n) is 4.94. The van der Waals surface area contributed by atoms with Crippen molar-refractivity contribution < 1.29 is 9.18 Å². The van der Waals surface area contributed by atoms with E-state index >= 15 is 0 Å². The Morgan fingerprint density at radius 1 is 1.21 bits per heavy atom. The number of pyridine rings is 1. The molecule has 33 heavy (non-hydrogen) atoms. The average molecular weight is 460 g/mol. The molecular weight excluding hydrogens is 441 g/mol. The van der Waals surface area contributed by atoms with Gasteiger partial charge in [-0.25, -0.2) is 9.07 Å². The molecule has 0 aliphatic heterocycles. The van der Waals surface area contributed by atoms with E-state index in [1.165, 1.54) is 30.0 Å². The fourth-order valence-electron chi connectivity index (χ4n) is 3.30. The number of aromatic amines is 1. The first-order valence-electron chi connectivity index (χ1n) is 9.89. The summed E-state index contributed by atoms with van der Waals surface area (Å²) in [5, 5.41) is 17.1. The van der Waals surface area contributed by atoms with Crippen molar-refractivity contribution in [2.24, 2.45) is 0 Å². The van der Waals surface area contributed by atoms with Crippen LogP contribution >= 0.6 is 11.8 Å². The molecule has 2 N–H and O–H groups in total. The highest BCUT2D eigenvalue weighted by Gasteiger charge is 2.17. The summed E-state index contributed by atoms with van der Waals surface area (Å²) in [6.07, 6.45) is 3.50. The maximum absolute atomic E-state index is 13.4. The lowest BCUT2D eigenvalue weighted by atomic mass is 10.1. The highest BCUT2D eigenvalue weighted by molar-refractivity contribution is 7.98. The molecule has 0 spiro atoms. The number of hydrogen-bond acceptors (Lipinski definition) is 5. The molecule has 9 heteroatoms. The number of H-pyrrole nitrogens is 1. The van der Waals surface area contributed by atoms with Gasteiger partial charge in [0.15, 0.2) is 0 Å². The number of amides is 1. The predicted molar refractivity (Wildman–Crippen MR) is 124 cm³/mol. The monoisotopic (exact) mass is 459 g/mol. The number of para-hydroxylation sites is 1. The summed E-state index contributed by atoms with van der Waals surface area (Å²) in [5.74, 6) is -0.977. The second-order valence-electron chi connectivity index (χ2n) is 7.04. The molecule has 0 saturated carbocycles. The zero-order valence-corrected chi connectivity index (χ0v) is 18.3. The van der Waals surface area contributed by atoms with Crippen LogP contribution in [0.1, 0.15) is 21.5 Å². The van der Waals surface area contributed by atoms with Gasteiger partial charge in [0.2, 0.25) is 0 Å². The molecule has 0 atom stereocenters. The van der Waals surface area contributed by atoms with Gasteiger partial charge in [-0.15, -0.1) is 11.8 Å². The van der Waals surface area contributed by atoms with Crippen LogP contribution in [0.4, 0.5) is 4.39 Å². The molecule has 0 bridgehead atoms. The minimum Gasteiger partial charge on any atom is -0.348 e. The Balaban J connectivity index is 1.66. The highest BCUT2D eigenvalue weighted by atomic mass is 32.2. The lowest BCUT2D eigenvalue weighted by Gasteiger charge is -2.07. The zero-order valence-electron chi connectivity index (χ0n) is 17.5. The van der Waals surface area contributed by atoms with Gasteiger partial charge in [-0.1, -0.05) is 18.2 Å². The van der Waals surface area contributed by atoms with Gasteiger partial charge in [-0.3, -0.25) is 9.59 Å². The van der Waals surface area contributed by atoms with Crippen LogP contribution in [0.3, 0.4) is 0 Å². The van der Waals surface area contributed by atoms with E-state index in [9.17, 15) is 19.2 Å². The average Bonchev–Trinajstić information content (AvgIpc) is 3.27. The van der Waals surface area contributed by atoms with Crippen LogP contribution in [-0.4, -0.2) is 26.9 Å². The van der Waals surface area contributed by atoms with Crippen molar-refractivity contribution >= 4 is 17.7 Å². The van der Waals surface area contributed by atoms with Crippen LogP contribution in [0.5, 0.6) is 0 Å². The van der Waals surface area contributed by atoms with E-state index in [0.29, 0.717) is 21.8 Å². The van der Waals surface area contributed by atoms with Crippen LogP contribution in [0.15, 0.2) is 76.7 Å². The van der Waals surface area contributed by atoms with Gasteiger partial charge in [0.05, 0.1) is 22.0 Å². The Bertz CT molecular complexity index is 1410. The van der Waals surface area contributed by atoms with Gasteiger partial charge in [-0.2, -0.15) is 10.4 Å². The zero-order chi connectivity index (χ0) is 23.4. The third-order valence-corrected chi connectivity index (χ3v) is 5.67. The maximum Gasteiger partial charge on any atom is 0.261 e. The number of nitrogens with one attached hydrogen (secondary N) is 2. The minimum atomic E-state index is -0.613. The lowest BCUT2D eigenvalue weighted by molar-refractivity contribution is 0.0949. The van der Waals surface area contributed by atoms with Crippen molar-refractivity contribution in [3.05, 3.63) is 99.7 Å². The first-order chi connectivity index (χ1) is 16.0. The molecule has 2 heterocycles. The molecule has 164 valence electrons. The van der Waals surface area contributed by atoms with Crippen molar-refractivity contribution in [2.45, 2.75) is 11.6 Å². The second kappa shape index (κ2) is 9.54. The van der Waals surface area contributed by atoms with E-state index in [1.54, 1.807) is 29.3 Å². The first kappa shape index (κ1) is 22.0. The highest BCUT2D eigenvalue weighted by Crippen LogP contribution is 2.24. The molecular formula is C24H18FN5O2S. The molecule has 4 rings (SSSR count). The summed E-state index contributed by atoms with van der Waals surface area (Å²) in [4.78, 5) is 27.7. The van der Waals surface area contributed by atoms with Crippen molar-refractivity contribution in [3.63, 3.8) is 0 Å². The normalized spacial score (nSPS) is 10.6. The summed E-state index contributed by atoms with van der Waals surface area (Å²) in [6.45, 7) is 0.0734. The SMILES string of the molecule is CSc1[nH]c(=O)c(C(=O)NCc2cn(-c3ccccc3)nc2-c2ccc(F)cc2)cc1C#N. The van der Waals surface area contributed by atoms with Gasteiger partial charge in [0, 0.05) is 23.9 Å². The van der Waals surface area contributed by atoms with Crippen LogP contribution in [-0.2, 0) is 6.54 Å². The molecule has 2 aromatic heterocycles. The number of halogens is 1. The number of aromatic nitrogens is 3. The Labute approximate surface area is 192 Å². The first-order valence-corrected chi connectivity index (χ1v) is 11.1. The van der Waals surface area contributed by atoms with E-state index in [-0.39, 0.29) is 23.5 Å². The summed E-state index contributed by atoms with van der Waals surface area (Å²) in [6, 6.07) is 18.6. The fourth-order valence-corrected chi connectivity index (χ4v) is 3.82. The Kier molecular flexibility index (Phi) is 6.38. The van der Waals surface area contributed by atoms with Crippen LogP contribution in [0.2, 0.25) is 0 Å². The number of nitriles is 1. The Morgan fingerprint density at radius 3 is 2.61 bits per heavy atom. The summed E-state index contributed by atoms with van der Waals surface area (Å²) in [5.41, 5.74) is 2.25. The quantitative estimate of drug-likeness (QED) is 0.426. The number of hydrogen-bond donors (Lipinski definition) is 2. The molecule has 0 aliphatic rings. The summed E-state index contributed by atoms with van der Waals surface area (Å²) in [7, 11) is 0. The smallest absolute Gasteiger partial charge is 0.261 e. The summed E-state index contributed by atoms with van der Waals surface area (Å²) >= 11 is 1.22. The minimum absolute atomic E-state index is 0.0734. The van der Waals surface area contributed by atoms with Gasteiger partial charge < -0.3 is 10.3 Å².